The summed E-state index contributed by atoms with van der Waals surface area (Å²) in [4.78, 5) is 79.2. The number of para-hydroxylation sites is 2. The fourth-order valence-corrected chi connectivity index (χ4v) is 5.29. The van der Waals surface area contributed by atoms with Crippen molar-refractivity contribution in [1.29, 1.82) is 0 Å². The number of imidazole rings is 1. The maximum absolute atomic E-state index is 14.1. The zero-order valence-corrected chi connectivity index (χ0v) is 32.3. The zero-order valence-electron chi connectivity index (χ0n) is 32.3. The number of nitrogens with zero attached hydrogens (tertiary/aromatic N) is 5. The van der Waals surface area contributed by atoms with Gasteiger partial charge < -0.3 is 24.3 Å². The van der Waals surface area contributed by atoms with Crippen LogP contribution in [0.15, 0.2) is 97.3 Å². The lowest BCUT2D eigenvalue weighted by molar-refractivity contribution is -0.157. The molecule has 57 heavy (non-hydrogen) atoms. The first-order valence-corrected chi connectivity index (χ1v) is 18.4. The van der Waals surface area contributed by atoms with Crippen molar-refractivity contribution in [2.24, 2.45) is 11.8 Å². The quantitative estimate of drug-likeness (QED) is 0.101. The van der Waals surface area contributed by atoms with E-state index in [1.54, 1.807) is 92.7 Å². The molecular weight excluding hydrogens is 734 g/mol. The summed E-state index contributed by atoms with van der Waals surface area (Å²) in [6, 6.07) is 26.1. The summed E-state index contributed by atoms with van der Waals surface area (Å²) in [5, 5.41) is 5.13. The number of carbonyl (C=O) groups excluding carboxylic acids is 5. The molecule has 2 atom stereocenters. The third-order valence-corrected chi connectivity index (χ3v) is 8.54. The smallest absolute Gasteiger partial charge is 0.425 e. The summed E-state index contributed by atoms with van der Waals surface area (Å²) in [7, 11) is 1.48. The molecular formula is C41H45N7O9. The highest BCUT2D eigenvalue weighted by Crippen LogP contribution is 2.31. The highest BCUT2D eigenvalue weighted by molar-refractivity contribution is 5.98. The molecule has 3 amide bonds. The van der Waals surface area contributed by atoms with Crippen molar-refractivity contribution in [2.45, 2.75) is 52.9 Å². The van der Waals surface area contributed by atoms with E-state index in [1.165, 1.54) is 22.8 Å². The number of anilines is 3. The van der Waals surface area contributed by atoms with Gasteiger partial charge in [0.2, 0.25) is 17.8 Å². The Kier molecular flexibility index (Phi) is 14.4. The second kappa shape index (κ2) is 19.8. The van der Waals surface area contributed by atoms with E-state index in [1.807, 2.05) is 26.0 Å². The predicted molar refractivity (Wildman–Crippen MR) is 210 cm³/mol. The van der Waals surface area contributed by atoms with Crippen LogP contribution in [0.3, 0.4) is 0 Å². The molecule has 0 spiro atoms. The van der Waals surface area contributed by atoms with Crippen LogP contribution >= 0.6 is 0 Å². The molecule has 5 rings (SSSR count). The summed E-state index contributed by atoms with van der Waals surface area (Å²) in [5.41, 5.74) is 1.41. The van der Waals surface area contributed by atoms with Gasteiger partial charge in [0.15, 0.2) is 17.4 Å². The van der Waals surface area contributed by atoms with Crippen molar-refractivity contribution in [3.63, 3.8) is 0 Å². The minimum absolute atomic E-state index is 0.0247. The third kappa shape index (κ3) is 11.2. The minimum atomic E-state index is -1.14. The van der Waals surface area contributed by atoms with Gasteiger partial charge in [0.25, 0.3) is 5.88 Å². The largest absolute Gasteiger partial charge is 0.463 e. The molecule has 2 heterocycles. The van der Waals surface area contributed by atoms with E-state index in [0.717, 1.165) is 0 Å². The molecule has 16 heteroatoms. The van der Waals surface area contributed by atoms with E-state index in [0.29, 0.717) is 16.9 Å². The number of nitrogens with one attached hydrogen (secondary N) is 2. The highest BCUT2D eigenvalue weighted by Gasteiger charge is 2.29. The number of hydrogen-bond donors (Lipinski definition) is 2. The molecule has 16 nitrogen and oxygen atoms in total. The maximum Gasteiger partial charge on any atom is 0.425 e. The Morgan fingerprint density at radius 3 is 1.96 bits per heavy atom. The van der Waals surface area contributed by atoms with Crippen LogP contribution in [0.2, 0.25) is 0 Å². The van der Waals surface area contributed by atoms with E-state index in [4.69, 9.17) is 18.9 Å². The summed E-state index contributed by atoms with van der Waals surface area (Å²) in [5.74, 6) is -3.09. The summed E-state index contributed by atoms with van der Waals surface area (Å²) >= 11 is 0. The molecule has 0 saturated carbocycles. The van der Waals surface area contributed by atoms with Crippen molar-refractivity contribution in [2.75, 3.05) is 30.5 Å². The number of fused-ring (bicyclic) bond motifs is 1. The van der Waals surface area contributed by atoms with Gasteiger partial charge in [-0.3, -0.25) is 24.3 Å². The van der Waals surface area contributed by atoms with Crippen LogP contribution in [0, 0.1) is 11.8 Å². The van der Waals surface area contributed by atoms with Gasteiger partial charge in [-0.05, 0) is 42.3 Å². The van der Waals surface area contributed by atoms with Crippen LogP contribution in [0.25, 0.3) is 11.2 Å². The first-order valence-electron chi connectivity index (χ1n) is 18.4. The van der Waals surface area contributed by atoms with E-state index in [-0.39, 0.29) is 60.9 Å². The van der Waals surface area contributed by atoms with Gasteiger partial charge >= 0.3 is 18.0 Å². The fourth-order valence-electron chi connectivity index (χ4n) is 5.29. The Labute approximate surface area is 329 Å². The fraction of sp³-hybridized carbons (Fsp3) is 0.317. The highest BCUT2D eigenvalue weighted by atomic mass is 16.6. The van der Waals surface area contributed by atoms with Crippen LogP contribution < -0.4 is 20.3 Å². The molecule has 0 unspecified atom stereocenters. The Bertz CT molecular complexity index is 2110. The molecule has 0 saturated heterocycles. The average Bonchev–Trinajstić information content (AvgIpc) is 3.64. The molecule has 0 fully saturated rings. The Morgan fingerprint density at radius 2 is 1.39 bits per heavy atom. The van der Waals surface area contributed by atoms with Gasteiger partial charge in [-0.15, -0.1) is 0 Å². The lowest BCUT2D eigenvalue weighted by atomic mass is 10.1. The number of esters is 2. The number of amides is 3. The second-order valence-electron chi connectivity index (χ2n) is 13.4. The number of aromatic nitrogens is 4. The molecule has 0 radical (unpaired) electrons. The molecule has 0 aliphatic rings. The van der Waals surface area contributed by atoms with Gasteiger partial charge in [0.1, 0.15) is 13.2 Å². The third-order valence-electron chi connectivity index (χ3n) is 8.54. The lowest BCUT2D eigenvalue weighted by Gasteiger charge is -2.28. The monoisotopic (exact) mass is 779 g/mol. The molecule has 3 aromatic carbocycles. The Balaban J connectivity index is 1.54. The molecule has 2 N–H and O–H groups in total. The van der Waals surface area contributed by atoms with Crippen molar-refractivity contribution >= 4 is 58.3 Å². The van der Waals surface area contributed by atoms with Gasteiger partial charge in [-0.25, -0.2) is 19.5 Å². The van der Waals surface area contributed by atoms with E-state index in [2.05, 4.69) is 25.6 Å². The standard InChI is InChI=1S/C41H45N7O9/c1-26(2)31(23-54-34(50)22-21-32(49)42-5)56-33(24-55-39(52)28-15-9-6-10-16-28)47-25-43-35-36(47)44-40(45-37(51)27(3)4)46-38(35)57-41(53)48(29-17-11-7-12-18-29)30-19-13-8-14-20-30/h6-20,25-27,31,33H,21-24H2,1-5H3,(H,42,49)(H,44,45,46,51)/t31-,33+/m0/s1. The van der Waals surface area contributed by atoms with E-state index >= 15 is 0 Å². The normalized spacial score (nSPS) is 12.1. The number of benzene rings is 3. The molecule has 5 aromatic rings. The molecule has 298 valence electrons. The topological polar surface area (TPSA) is 193 Å². The number of hydrogen-bond acceptors (Lipinski definition) is 12. The predicted octanol–water partition coefficient (Wildman–Crippen LogP) is 6.22. The molecule has 0 aliphatic carbocycles. The zero-order chi connectivity index (χ0) is 40.9. The maximum atomic E-state index is 14.1. The summed E-state index contributed by atoms with van der Waals surface area (Å²) in [6.45, 7) is 6.54. The van der Waals surface area contributed by atoms with Crippen molar-refractivity contribution < 1.29 is 42.9 Å². The molecule has 0 bridgehead atoms. The SMILES string of the molecule is CNC(=O)CCC(=O)OC[C@H](O[C@H](COC(=O)c1ccccc1)n1cnc2c(OC(=O)N(c3ccccc3)c3ccccc3)nc(NC(=O)C(C)C)nc21)C(C)C. The van der Waals surface area contributed by atoms with Crippen LogP contribution in [0.1, 0.15) is 57.1 Å². The van der Waals surface area contributed by atoms with Gasteiger partial charge in [0, 0.05) is 19.4 Å². The van der Waals surface area contributed by atoms with E-state index < -0.39 is 42.2 Å². The Morgan fingerprint density at radius 1 is 0.772 bits per heavy atom. The van der Waals surface area contributed by atoms with Crippen LogP contribution in [0.4, 0.5) is 22.1 Å². The first kappa shape index (κ1) is 41.5. The second-order valence-corrected chi connectivity index (χ2v) is 13.4. The summed E-state index contributed by atoms with van der Waals surface area (Å²) < 4.78 is 25.1. The lowest BCUT2D eigenvalue weighted by Crippen LogP contribution is -2.33. The van der Waals surface area contributed by atoms with Gasteiger partial charge in [-0.2, -0.15) is 9.97 Å². The van der Waals surface area contributed by atoms with Crippen molar-refractivity contribution in [3.8, 4) is 5.88 Å². The number of rotatable bonds is 17. The van der Waals surface area contributed by atoms with Crippen LogP contribution in [-0.4, -0.2) is 75.7 Å². The minimum Gasteiger partial charge on any atom is -0.463 e. The van der Waals surface area contributed by atoms with Crippen molar-refractivity contribution in [1.82, 2.24) is 24.8 Å². The first-order chi connectivity index (χ1) is 27.4. The Hall–Kier alpha value is -6.68. The summed E-state index contributed by atoms with van der Waals surface area (Å²) in [6.07, 6.45) is -1.55. The van der Waals surface area contributed by atoms with Crippen molar-refractivity contribution in [3.05, 3.63) is 103 Å². The average molecular weight is 780 g/mol. The van der Waals surface area contributed by atoms with Gasteiger partial charge in [0.05, 0.1) is 35.8 Å². The number of carbonyl (C=O) groups is 5. The van der Waals surface area contributed by atoms with Crippen LogP contribution in [0.5, 0.6) is 5.88 Å². The molecule has 2 aromatic heterocycles. The van der Waals surface area contributed by atoms with Crippen LogP contribution in [-0.2, 0) is 28.6 Å². The number of ether oxygens (including phenoxy) is 4. The van der Waals surface area contributed by atoms with Gasteiger partial charge in [-0.1, -0.05) is 82.3 Å². The van der Waals surface area contributed by atoms with E-state index in [9.17, 15) is 24.0 Å². The molecule has 0 aliphatic heterocycles.